The average molecular weight is 353 g/mol. The third-order valence-corrected chi connectivity index (χ3v) is 5.26. The van der Waals surface area contributed by atoms with Crippen LogP contribution in [0.1, 0.15) is 18.9 Å². The van der Waals surface area contributed by atoms with Gasteiger partial charge in [0.05, 0.1) is 24.5 Å². The zero-order valence-corrected chi connectivity index (χ0v) is 12.9. The van der Waals surface area contributed by atoms with Crippen LogP contribution in [0.4, 0.5) is 4.39 Å². The lowest BCUT2D eigenvalue weighted by Gasteiger charge is -2.12. The van der Waals surface area contributed by atoms with E-state index in [1.165, 1.54) is 32.2 Å². The van der Waals surface area contributed by atoms with Gasteiger partial charge >= 0.3 is 5.97 Å². The fourth-order valence-electron chi connectivity index (χ4n) is 1.46. The van der Waals surface area contributed by atoms with Gasteiger partial charge in [0.1, 0.15) is 5.82 Å². The first kappa shape index (κ1) is 16.1. The molecule has 0 radical (unpaired) electrons. The predicted octanol–water partition coefficient (Wildman–Crippen LogP) is 2.45. The van der Waals surface area contributed by atoms with Crippen molar-refractivity contribution >= 4 is 31.7 Å². The summed E-state index contributed by atoms with van der Waals surface area (Å²) in [5.74, 6) is -1.64. The molecular weight excluding hydrogens is 339 g/mol. The molecular formula is C12H14BrFO4S. The standard InChI is InChI=1S/C12H14BrFO4S/c1-8(5-12(15)18-2)19(16,17)7-9-6-10(13)3-4-11(9)14/h3-4,6,8H,5,7H2,1-2H3. The molecule has 0 aliphatic carbocycles. The van der Waals surface area contributed by atoms with Gasteiger partial charge in [-0.05, 0) is 25.1 Å². The normalized spacial score (nSPS) is 13.1. The Kier molecular flexibility index (Phi) is 5.49. The van der Waals surface area contributed by atoms with Gasteiger partial charge in [-0.25, -0.2) is 12.8 Å². The van der Waals surface area contributed by atoms with Crippen molar-refractivity contribution in [3.63, 3.8) is 0 Å². The maximum absolute atomic E-state index is 13.5. The third kappa shape index (κ3) is 4.58. The molecule has 0 N–H and O–H groups in total. The minimum Gasteiger partial charge on any atom is -0.469 e. The molecule has 0 aliphatic heterocycles. The molecule has 0 amide bonds. The summed E-state index contributed by atoms with van der Waals surface area (Å²) in [6.45, 7) is 1.40. The Morgan fingerprint density at radius 3 is 2.68 bits per heavy atom. The second kappa shape index (κ2) is 6.47. The van der Waals surface area contributed by atoms with E-state index >= 15 is 0 Å². The zero-order valence-electron chi connectivity index (χ0n) is 10.5. The number of hydrogen-bond acceptors (Lipinski definition) is 4. The van der Waals surface area contributed by atoms with Crippen molar-refractivity contribution in [3.8, 4) is 0 Å². The Morgan fingerprint density at radius 2 is 2.11 bits per heavy atom. The van der Waals surface area contributed by atoms with E-state index in [4.69, 9.17) is 0 Å². The number of halogens is 2. The van der Waals surface area contributed by atoms with E-state index in [1.807, 2.05) is 0 Å². The second-order valence-electron chi connectivity index (χ2n) is 4.13. The Labute approximate surface area is 120 Å². The summed E-state index contributed by atoms with van der Waals surface area (Å²) in [6.07, 6.45) is -0.242. The minimum atomic E-state index is -3.62. The van der Waals surface area contributed by atoms with Crippen LogP contribution < -0.4 is 0 Å². The number of ether oxygens (including phenoxy) is 1. The molecule has 1 rings (SSSR count). The molecule has 1 unspecified atom stereocenters. The molecule has 0 aliphatic rings. The topological polar surface area (TPSA) is 60.4 Å². The van der Waals surface area contributed by atoms with Crippen molar-refractivity contribution in [2.45, 2.75) is 24.3 Å². The van der Waals surface area contributed by atoms with Gasteiger partial charge in [-0.15, -0.1) is 0 Å². The number of carbonyl (C=O) groups excluding carboxylic acids is 1. The van der Waals surface area contributed by atoms with Crippen LogP contribution in [0.15, 0.2) is 22.7 Å². The van der Waals surface area contributed by atoms with Gasteiger partial charge < -0.3 is 4.74 Å². The lowest BCUT2D eigenvalue weighted by molar-refractivity contribution is -0.140. The molecule has 0 spiro atoms. The first-order valence-corrected chi connectivity index (χ1v) is 7.99. The van der Waals surface area contributed by atoms with Crippen LogP contribution >= 0.6 is 15.9 Å². The summed E-state index contributed by atoms with van der Waals surface area (Å²) < 4.78 is 42.6. The summed E-state index contributed by atoms with van der Waals surface area (Å²) in [4.78, 5) is 11.1. The van der Waals surface area contributed by atoms with Crippen molar-refractivity contribution in [2.24, 2.45) is 0 Å². The number of methoxy groups -OCH3 is 1. The van der Waals surface area contributed by atoms with Crippen LogP contribution in [-0.4, -0.2) is 26.7 Å². The molecule has 0 saturated carbocycles. The highest BCUT2D eigenvalue weighted by atomic mass is 79.9. The molecule has 19 heavy (non-hydrogen) atoms. The number of sulfone groups is 1. The quantitative estimate of drug-likeness (QED) is 0.763. The van der Waals surface area contributed by atoms with Crippen molar-refractivity contribution < 1.29 is 22.3 Å². The highest BCUT2D eigenvalue weighted by Crippen LogP contribution is 2.20. The van der Waals surface area contributed by atoms with Gasteiger partial charge in [0, 0.05) is 10.0 Å². The van der Waals surface area contributed by atoms with Gasteiger partial charge in [-0.3, -0.25) is 4.79 Å². The molecule has 0 fully saturated rings. The van der Waals surface area contributed by atoms with E-state index in [0.29, 0.717) is 4.47 Å². The van der Waals surface area contributed by atoms with Crippen LogP contribution in [0.25, 0.3) is 0 Å². The largest absolute Gasteiger partial charge is 0.469 e. The van der Waals surface area contributed by atoms with E-state index in [2.05, 4.69) is 20.7 Å². The van der Waals surface area contributed by atoms with Crippen molar-refractivity contribution in [2.75, 3.05) is 7.11 Å². The SMILES string of the molecule is COC(=O)CC(C)S(=O)(=O)Cc1cc(Br)ccc1F. The zero-order chi connectivity index (χ0) is 14.6. The van der Waals surface area contributed by atoms with Gasteiger partial charge in [0.2, 0.25) is 0 Å². The molecule has 0 bridgehead atoms. The van der Waals surface area contributed by atoms with E-state index in [-0.39, 0.29) is 12.0 Å². The summed E-state index contributed by atoms with van der Waals surface area (Å²) in [6, 6.07) is 4.10. The predicted molar refractivity (Wildman–Crippen MR) is 72.8 cm³/mol. The van der Waals surface area contributed by atoms with Crippen LogP contribution in [0.2, 0.25) is 0 Å². The van der Waals surface area contributed by atoms with Crippen molar-refractivity contribution in [1.82, 2.24) is 0 Å². The molecule has 0 aromatic heterocycles. The fraction of sp³-hybridized carbons (Fsp3) is 0.417. The fourth-order valence-corrected chi connectivity index (χ4v) is 3.20. The Hall–Kier alpha value is -0.950. The summed E-state index contributed by atoms with van der Waals surface area (Å²) >= 11 is 3.16. The van der Waals surface area contributed by atoms with Crippen LogP contribution in [0.5, 0.6) is 0 Å². The Bertz CT molecular complexity index is 571. The lowest BCUT2D eigenvalue weighted by atomic mass is 10.2. The smallest absolute Gasteiger partial charge is 0.306 e. The van der Waals surface area contributed by atoms with Gasteiger partial charge in [-0.1, -0.05) is 15.9 Å². The molecule has 106 valence electrons. The number of rotatable bonds is 5. The van der Waals surface area contributed by atoms with Crippen LogP contribution in [-0.2, 0) is 25.1 Å². The maximum atomic E-state index is 13.5. The van der Waals surface area contributed by atoms with E-state index < -0.39 is 32.6 Å². The number of hydrogen-bond donors (Lipinski definition) is 0. The molecule has 0 heterocycles. The minimum absolute atomic E-state index is 0.0751. The monoisotopic (exact) mass is 352 g/mol. The van der Waals surface area contributed by atoms with Crippen LogP contribution in [0.3, 0.4) is 0 Å². The van der Waals surface area contributed by atoms with E-state index in [1.54, 1.807) is 0 Å². The van der Waals surface area contributed by atoms with E-state index in [0.717, 1.165) is 0 Å². The van der Waals surface area contributed by atoms with Gasteiger partial charge in [0.15, 0.2) is 9.84 Å². The number of benzene rings is 1. The molecule has 7 heteroatoms. The Balaban J connectivity index is 2.90. The lowest BCUT2D eigenvalue weighted by Crippen LogP contribution is -2.23. The first-order valence-electron chi connectivity index (χ1n) is 5.48. The van der Waals surface area contributed by atoms with Gasteiger partial charge in [-0.2, -0.15) is 0 Å². The highest BCUT2D eigenvalue weighted by Gasteiger charge is 2.25. The molecule has 0 saturated heterocycles. The summed E-state index contributed by atoms with van der Waals surface area (Å²) in [5.41, 5.74) is 0.0751. The highest BCUT2D eigenvalue weighted by molar-refractivity contribution is 9.10. The molecule has 4 nitrogen and oxygen atoms in total. The third-order valence-electron chi connectivity index (χ3n) is 2.66. The van der Waals surface area contributed by atoms with E-state index in [9.17, 15) is 17.6 Å². The molecule has 1 aromatic rings. The number of carbonyl (C=O) groups is 1. The second-order valence-corrected chi connectivity index (χ2v) is 7.47. The summed E-state index contributed by atoms with van der Waals surface area (Å²) in [5, 5.41) is -0.918. The Morgan fingerprint density at radius 1 is 1.47 bits per heavy atom. The maximum Gasteiger partial charge on any atom is 0.306 e. The summed E-state index contributed by atoms with van der Waals surface area (Å²) in [7, 11) is -2.43. The van der Waals surface area contributed by atoms with Crippen molar-refractivity contribution in [1.29, 1.82) is 0 Å². The first-order chi connectivity index (χ1) is 8.76. The molecule has 1 atom stereocenters. The van der Waals surface area contributed by atoms with Gasteiger partial charge in [0.25, 0.3) is 0 Å². The van der Waals surface area contributed by atoms with Crippen molar-refractivity contribution in [3.05, 3.63) is 34.1 Å². The number of esters is 1. The average Bonchev–Trinajstić information content (AvgIpc) is 2.33. The van der Waals surface area contributed by atoms with Crippen LogP contribution in [0, 0.1) is 5.82 Å². The molecule has 1 aromatic carbocycles.